The van der Waals surface area contributed by atoms with E-state index in [-0.39, 0.29) is 12.5 Å². The molecule has 0 radical (unpaired) electrons. The normalized spacial score (nSPS) is 12.8. The maximum Gasteiger partial charge on any atom is 0.336 e. The van der Waals surface area contributed by atoms with Gasteiger partial charge in [-0.25, -0.2) is 4.79 Å². The Hall–Kier alpha value is -0.280. The van der Waals surface area contributed by atoms with Crippen molar-refractivity contribution in [2.45, 2.75) is 13.0 Å². The first-order valence-corrected chi connectivity index (χ1v) is 3.16. The highest BCUT2D eigenvalue weighted by Crippen LogP contribution is 1.90. The van der Waals surface area contributed by atoms with E-state index in [2.05, 4.69) is 4.74 Å². The van der Waals surface area contributed by atoms with Crippen LogP contribution in [0.25, 0.3) is 0 Å². The number of aliphatic hydroxyl groups is 1. The van der Waals surface area contributed by atoms with Gasteiger partial charge in [-0.15, -0.1) is 11.6 Å². The van der Waals surface area contributed by atoms with Crippen molar-refractivity contribution in [3.05, 3.63) is 0 Å². The first kappa shape index (κ1) is 8.72. The molecular formula is C5H9ClO3. The largest absolute Gasteiger partial charge is 0.464 e. The molecule has 0 aromatic heterocycles. The van der Waals surface area contributed by atoms with Crippen LogP contribution in [-0.4, -0.2) is 29.7 Å². The summed E-state index contributed by atoms with van der Waals surface area (Å²) in [6.07, 6.45) is -1.17. The van der Waals surface area contributed by atoms with Crippen molar-refractivity contribution in [2.24, 2.45) is 0 Å². The van der Waals surface area contributed by atoms with Crippen molar-refractivity contribution in [2.75, 3.05) is 12.5 Å². The minimum absolute atomic E-state index is 0.112. The molecule has 9 heavy (non-hydrogen) atoms. The number of esters is 1. The van der Waals surface area contributed by atoms with E-state index in [1.54, 1.807) is 6.92 Å². The lowest BCUT2D eigenvalue weighted by atomic mass is 10.4. The number of hydrogen-bond acceptors (Lipinski definition) is 3. The topological polar surface area (TPSA) is 46.5 Å². The van der Waals surface area contributed by atoms with Crippen LogP contribution in [0.5, 0.6) is 0 Å². The maximum absolute atomic E-state index is 10.4. The molecule has 3 nitrogen and oxygen atoms in total. The average molecular weight is 153 g/mol. The number of ether oxygens (including phenoxy) is 1. The number of rotatable bonds is 3. The SMILES string of the molecule is CCOC(=O)[C@H](O)CCl. The lowest BCUT2D eigenvalue weighted by Gasteiger charge is -2.03. The van der Waals surface area contributed by atoms with Gasteiger partial charge in [-0.3, -0.25) is 0 Å². The van der Waals surface area contributed by atoms with Gasteiger partial charge in [-0.05, 0) is 6.92 Å². The summed E-state index contributed by atoms with van der Waals surface area (Å²) in [6.45, 7) is 1.94. The number of carbonyl (C=O) groups excluding carboxylic acids is 1. The van der Waals surface area contributed by atoms with E-state index in [0.717, 1.165) is 0 Å². The zero-order valence-electron chi connectivity index (χ0n) is 5.13. The summed E-state index contributed by atoms with van der Waals surface area (Å²) in [5, 5.41) is 8.65. The fourth-order valence-electron chi connectivity index (χ4n) is 0.301. The van der Waals surface area contributed by atoms with Gasteiger partial charge in [0.05, 0.1) is 12.5 Å². The fraction of sp³-hybridized carbons (Fsp3) is 0.800. The van der Waals surface area contributed by atoms with Gasteiger partial charge < -0.3 is 9.84 Å². The van der Waals surface area contributed by atoms with Gasteiger partial charge in [0.2, 0.25) is 0 Å². The van der Waals surface area contributed by atoms with Crippen molar-refractivity contribution in [3.63, 3.8) is 0 Å². The molecule has 0 aliphatic heterocycles. The quantitative estimate of drug-likeness (QED) is 0.463. The van der Waals surface area contributed by atoms with E-state index in [1.807, 2.05) is 0 Å². The zero-order valence-corrected chi connectivity index (χ0v) is 5.89. The fourth-order valence-corrected chi connectivity index (χ4v) is 0.427. The van der Waals surface area contributed by atoms with E-state index < -0.39 is 12.1 Å². The predicted octanol–water partition coefficient (Wildman–Crippen LogP) is 0.149. The van der Waals surface area contributed by atoms with Gasteiger partial charge in [0.1, 0.15) is 0 Å². The molecule has 0 aliphatic carbocycles. The molecular weight excluding hydrogens is 144 g/mol. The monoisotopic (exact) mass is 152 g/mol. The highest BCUT2D eigenvalue weighted by atomic mass is 35.5. The van der Waals surface area contributed by atoms with E-state index >= 15 is 0 Å². The Bertz CT molecular complexity index is 94.2. The summed E-state index contributed by atoms with van der Waals surface area (Å²) in [5.41, 5.74) is 0. The van der Waals surface area contributed by atoms with Crippen molar-refractivity contribution in [3.8, 4) is 0 Å². The Morgan fingerprint density at radius 1 is 1.89 bits per heavy atom. The van der Waals surface area contributed by atoms with Gasteiger partial charge in [-0.1, -0.05) is 0 Å². The van der Waals surface area contributed by atoms with E-state index in [0.29, 0.717) is 0 Å². The van der Waals surface area contributed by atoms with Crippen LogP contribution in [0.15, 0.2) is 0 Å². The maximum atomic E-state index is 10.4. The highest BCUT2D eigenvalue weighted by molar-refractivity contribution is 6.19. The first-order chi connectivity index (χ1) is 4.22. The van der Waals surface area contributed by atoms with Crippen LogP contribution in [0.1, 0.15) is 6.92 Å². The molecule has 0 heterocycles. The molecule has 1 N–H and O–H groups in total. The molecule has 0 saturated heterocycles. The number of carbonyl (C=O) groups is 1. The molecule has 0 aromatic carbocycles. The summed E-state index contributed by atoms with van der Waals surface area (Å²) >= 11 is 5.13. The zero-order chi connectivity index (χ0) is 7.28. The molecule has 0 unspecified atom stereocenters. The van der Waals surface area contributed by atoms with Crippen molar-refractivity contribution in [1.29, 1.82) is 0 Å². The molecule has 0 amide bonds. The van der Waals surface area contributed by atoms with E-state index in [4.69, 9.17) is 16.7 Å². The van der Waals surface area contributed by atoms with Gasteiger partial charge in [0.25, 0.3) is 0 Å². The minimum Gasteiger partial charge on any atom is -0.464 e. The van der Waals surface area contributed by atoms with Gasteiger partial charge in [0, 0.05) is 0 Å². The standard InChI is InChI=1S/C5H9ClO3/c1-2-9-5(8)4(7)3-6/h4,7H,2-3H2,1H3/t4-/m1/s1. The Labute approximate surface area is 58.6 Å². The average Bonchev–Trinajstić information content (AvgIpc) is 1.87. The molecule has 0 fully saturated rings. The number of aliphatic hydroxyl groups excluding tert-OH is 1. The Kier molecular flexibility index (Phi) is 4.44. The van der Waals surface area contributed by atoms with Gasteiger partial charge >= 0.3 is 5.97 Å². The minimum atomic E-state index is -1.17. The lowest BCUT2D eigenvalue weighted by molar-refractivity contribution is -0.151. The van der Waals surface area contributed by atoms with Crippen LogP contribution < -0.4 is 0 Å². The summed E-state index contributed by atoms with van der Waals surface area (Å²) < 4.78 is 4.42. The third kappa shape index (κ3) is 3.32. The summed E-state index contributed by atoms with van der Waals surface area (Å²) in [7, 11) is 0. The van der Waals surface area contributed by atoms with Crippen LogP contribution in [0, 0.1) is 0 Å². The second-order valence-corrected chi connectivity index (χ2v) is 1.73. The molecule has 0 aliphatic rings. The predicted molar refractivity (Wildman–Crippen MR) is 33.4 cm³/mol. The second kappa shape index (κ2) is 4.58. The molecule has 1 atom stereocenters. The van der Waals surface area contributed by atoms with Gasteiger partial charge in [-0.2, -0.15) is 0 Å². The molecule has 0 bridgehead atoms. The van der Waals surface area contributed by atoms with Crippen molar-refractivity contribution < 1.29 is 14.6 Å². The summed E-state index contributed by atoms with van der Waals surface area (Å²) in [6, 6.07) is 0. The summed E-state index contributed by atoms with van der Waals surface area (Å²) in [4.78, 5) is 10.4. The molecule has 0 spiro atoms. The number of hydrogen-bond donors (Lipinski definition) is 1. The van der Waals surface area contributed by atoms with Crippen LogP contribution in [0.2, 0.25) is 0 Å². The van der Waals surface area contributed by atoms with Crippen LogP contribution in [0.4, 0.5) is 0 Å². The van der Waals surface area contributed by atoms with E-state index in [1.165, 1.54) is 0 Å². The number of halogens is 1. The second-order valence-electron chi connectivity index (χ2n) is 1.42. The Balaban J connectivity index is 3.46. The van der Waals surface area contributed by atoms with Crippen LogP contribution in [-0.2, 0) is 9.53 Å². The number of alkyl halides is 1. The van der Waals surface area contributed by atoms with Crippen LogP contribution >= 0.6 is 11.6 Å². The van der Waals surface area contributed by atoms with Crippen molar-refractivity contribution in [1.82, 2.24) is 0 Å². The lowest BCUT2D eigenvalue weighted by Crippen LogP contribution is -2.24. The molecule has 0 saturated carbocycles. The molecule has 4 heteroatoms. The smallest absolute Gasteiger partial charge is 0.336 e. The van der Waals surface area contributed by atoms with Gasteiger partial charge in [0.15, 0.2) is 6.10 Å². The Morgan fingerprint density at radius 3 is 2.78 bits per heavy atom. The third-order valence-electron chi connectivity index (χ3n) is 0.705. The molecule has 0 aromatic rings. The van der Waals surface area contributed by atoms with E-state index in [9.17, 15) is 4.79 Å². The first-order valence-electron chi connectivity index (χ1n) is 2.63. The molecule has 0 rings (SSSR count). The highest BCUT2D eigenvalue weighted by Gasteiger charge is 2.13. The third-order valence-corrected chi connectivity index (χ3v) is 0.997. The van der Waals surface area contributed by atoms with Crippen LogP contribution in [0.3, 0.4) is 0 Å². The van der Waals surface area contributed by atoms with Crippen molar-refractivity contribution >= 4 is 17.6 Å². The Morgan fingerprint density at radius 2 is 2.44 bits per heavy atom. The summed E-state index contributed by atoms with van der Waals surface area (Å²) in [5.74, 6) is -0.772. The molecule has 54 valence electrons.